The van der Waals surface area contributed by atoms with E-state index in [1.807, 2.05) is 6.92 Å². The highest BCUT2D eigenvalue weighted by Crippen LogP contribution is 2.26. The molecule has 0 saturated carbocycles. The molecule has 0 fully saturated rings. The van der Waals surface area contributed by atoms with Gasteiger partial charge in [0.25, 0.3) is 0 Å². The van der Waals surface area contributed by atoms with Gasteiger partial charge < -0.3 is 19.9 Å². The van der Waals surface area contributed by atoms with E-state index >= 15 is 0 Å². The van der Waals surface area contributed by atoms with Crippen molar-refractivity contribution in [2.75, 3.05) is 6.54 Å². The van der Waals surface area contributed by atoms with Crippen LogP contribution in [0.2, 0.25) is 0 Å². The van der Waals surface area contributed by atoms with Gasteiger partial charge in [0.05, 0.1) is 13.1 Å². The van der Waals surface area contributed by atoms with Crippen LogP contribution in [0.25, 0.3) is 0 Å². The van der Waals surface area contributed by atoms with E-state index < -0.39 is 6.36 Å². The molecule has 2 N–H and O–H groups in total. The summed E-state index contributed by atoms with van der Waals surface area (Å²) in [7, 11) is 0. The molecule has 10 heteroatoms. The molecule has 1 aliphatic rings. The average Bonchev–Trinajstić information content (AvgIpc) is 2.90. The Balaban J connectivity index is 1.68. The Morgan fingerprint density at radius 2 is 2.00 bits per heavy atom. The summed E-state index contributed by atoms with van der Waals surface area (Å²) in [6.07, 6.45) is -0.415. The normalized spacial score (nSPS) is 14.8. The number of rotatable bonds is 6. The van der Waals surface area contributed by atoms with Crippen LogP contribution in [-0.4, -0.2) is 33.6 Å². The zero-order valence-corrected chi connectivity index (χ0v) is 16.3. The zero-order chi connectivity index (χ0) is 20.7. The molecule has 1 aromatic heterocycles. The molecule has 0 aliphatic carbocycles. The number of guanidine groups is 1. The molecule has 0 bridgehead atoms. The number of benzene rings is 1. The molecule has 2 aromatic rings. The number of nitrogens with one attached hydrogen (secondary N) is 2. The minimum absolute atomic E-state index is 0.0412. The number of aliphatic imine (C=N–C) groups is 1. The highest BCUT2D eigenvalue weighted by atomic mass is 19.4. The number of fused-ring (bicyclic) bond motifs is 1. The van der Waals surface area contributed by atoms with Gasteiger partial charge in [-0.15, -0.1) is 23.4 Å². The minimum atomic E-state index is -4.74. The van der Waals surface area contributed by atoms with Gasteiger partial charge in [-0.1, -0.05) is 24.6 Å². The fourth-order valence-corrected chi connectivity index (χ4v) is 3.20. The molecule has 0 unspecified atom stereocenters. The van der Waals surface area contributed by atoms with Crippen molar-refractivity contribution >= 4 is 5.96 Å². The molecule has 1 aliphatic heterocycles. The highest BCUT2D eigenvalue weighted by molar-refractivity contribution is 5.79. The van der Waals surface area contributed by atoms with Crippen molar-refractivity contribution in [1.29, 1.82) is 0 Å². The number of aryl methyl sites for hydroxylation is 1. The van der Waals surface area contributed by atoms with Gasteiger partial charge in [0.1, 0.15) is 11.6 Å². The van der Waals surface area contributed by atoms with Crippen LogP contribution in [0.4, 0.5) is 13.2 Å². The Morgan fingerprint density at radius 1 is 1.17 bits per heavy atom. The molecular formula is C19H25F3N6O. The maximum Gasteiger partial charge on any atom is 0.573 e. The van der Waals surface area contributed by atoms with Gasteiger partial charge in [0, 0.05) is 25.1 Å². The SMILES string of the molecule is CCNC(=NCc1ccccc1OC(F)(F)F)NCc1nnc2n1CCCCC2. The fourth-order valence-electron chi connectivity index (χ4n) is 3.20. The van der Waals surface area contributed by atoms with Gasteiger partial charge in [-0.2, -0.15) is 0 Å². The Hall–Kier alpha value is -2.78. The van der Waals surface area contributed by atoms with Crippen molar-refractivity contribution in [2.24, 2.45) is 4.99 Å². The predicted molar refractivity (Wildman–Crippen MR) is 102 cm³/mol. The van der Waals surface area contributed by atoms with E-state index in [4.69, 9.17) is 0 Å². The summed E-state index contributed by atoms with van der Waals surface area (Å²) in [5.74, 6) is 2.07. The summed E-state index contributed by atoms with van der Waals surface area (Å²) in [5.41, 5.74) is 0.346. The quantitative estimate of drug-likeness (QED) is 0.565. The number of hydrogen-bond donors (Lipinski definition) is 2. The molecule has 0 amide bonds. The number of para-hydroxylation sites is 1. The molecule has 2 heterocycles. The second-order valence-electron chi connectivity index (χ2n) is 6.70. The Labute approximate surface area is 167 Å². The summed E-state index contributed by atoms with van der Waals surface area (Å²) in [6.45, 7) is 3.90. The molecule has 7 nitrogen and oxygen atoms in total. The van der Waals surface area contributed by atoms with Crippen LogP contribution in [0.3, 0.4) is 0 Å². The summed E-state index contributed by atoms with van der Waals surface area (Å²) in [4.78, 5) is 4.39. The number of ether oxygens (including phenoxy) is 1. The highest BCUT2D eigenvalue weighted by Gasteiger charge is 2.31. The van der Waals surface area contributed by atoms with Crippen molar-refractivity contribution in [2.45, 2.75) is 58.6 Å². The molecule has 158 valence electrons. The number of nitrogens with zero attached hydrogens (tertiary/aromatic N) is 4. The van der Waals surface area contributed by atoms with Crippen molar-refractivity contribution in [3.05, 3.63) is 41.5 Å². The van der Waals surface area contributed by atoms with E-state index in [1.165, 1.54) is 18.6 Å². The Bertz CT molecular complexity index is 834. The first-order valence-electron chi connectivity index (χ1n) is 9.73. The lowest BCUT2D eigenvalue weighted by Crippen LogP contribution is -2.37. The smallest absolute Gasteiger partial charge is 0.405 e. The number of alkyl halides is 3. The molecule has 0 atom stereocenters. The van der Waals surface area contributed by atoms with Crippen LogP contribution in [-0.2, 0) is 26.1 Å². The fraction of sp³-hybridized carbons (Fsp3) is 0.526. The third-order valence-corrected chi connectivity index (χ3v) is 4.55. The summed E-state index contributed by atoms with van der Waals surface area (Å²) in [6, 6.07) is 5.99. The zero-order valence-electron chi connectivity index (χ0n) is 16.3. The summed E-state index contributed by atoms with van der Waals surface area (Å²) >= 11 is 0. The van der Waals surface area contributed by atoms with Crippen molar-refractivity contribution in [3.63, 3.8) is 0 Å². The first-order valence-corrected chi connectivity index (χ1v) is 9.73. The average molecular weight is 410 g/mol. The van der Waals surface area contributed by atoms with E-state index in [0.717, 1.165) is 37.5 Å². The van der Waals surface area contributed by atoms with Crippen molar-refractivity contribution in [3.8, 4) is 5.75 Å². The third-order valence-electron chi connectivity index (χ3n) is 4.55. The topological polar surface area (TPSA) is 76.4 Å². The summed E-state index contributed by atoms with van der Waals surface area (Å²) in [5, 5.41) is 14.8. The van der Waals surface area contributed by atoms with Crippen LogP contribution in [0.15, 0.2) is 29.3 Å². The van der Waals surface area contributed by atoms with Crippen LogP contribution in [0.1, 0.15) is 43.4 Å². The lowest BCUT2D eigenvalue weighted by molar-refractivity contribution is -0.274. The van der Waals surface area contributed by atoms with Crippen LogP contribution in [0.5, 0.6) is 5.75 Å². The van der Waals surface area contributed by atoms with Gasteiger partial charge in [0.2, 0.25) is 0 Å². The summed E-state index contributed by atoms with van der Waals surface area (Å²) < 4.78 is 44.0. The first kappa shape index (κ1) is 20.9. The van der Waals surface area contributed by atoms with E-state index in [9.17, 15) is 13.2 Å². The van der Waals surface area contributed by atoms with Gasteiger partial charge in [-0.05, 0) is 25.8 Å². The van der Waals surface area contributed by atoms with Crippen LogP contribution >= 0.6 is 0 Å². The van der Waals surface area contributed by atoms with Gasteiger partial charge in [-0.25, -0.2) is 4.99 Å². The molecule has 3 rings (SSSR count). The minimum Gasteiger partial charge on any atom is -0.405 e. The molecule has 1 aromatic carbocycles. The third kappa shape index (κ3) is 6.10. The standard InChI is InChI=1S/C19H25F3N6O/c1-2-23-18(24-12-14-8-5-6-9-15(14)29-19(20,21)22)25-13-17-27-26-16-10-4-3-7-11-28(16)17/h5-6,8-9H,2-4,7,10-13H2,1H3,(H2,23,24,25). The van der Waals surface area contributed by atoms with E-state index in [2.05, 4.69) is 35.1 Å². The Kier molecular flexibility index (Phi) is 6.95. The second kappa shape index (κ2) is 9.62. The van der Waals surface area contributed by atoms with E-state index in [1.54, 1.807) is 12.1 Å². The van der Waals surface area contributed by atoms with Crippen LogP contribution in [0, 0.1) is 0 Å². The molecule has 29 heavy (non-hydrogen) atoms. The van der Waals surface area contributed by atoms with Gasteiger partial charge >= 0.3 is 6.36 Å². The molecule has 0 radical (unpaired) electrons. The monoisotopic (exact) mass is 410 g/mol. The molecule has 0 saturated heterocycles. The van der Waals surface area contributed by atoms with Gasteiger partial charge in [-0.3, -0.25) is 0 Å². The molecular weight excluding hydrogens is 385 g/mol. The lowest BCUT2D eigenvalue weighted by Gasteiger charge is -2.14. The first-order chi connectivity index (χ1) is 14.0. The van der Waals surface area contributed by atoms with Crippen LogP contribution < -0.4 is 15.4 Å². The maximum atomic E-state index is 12.6. The number of hydrogen-bond acceptors (Lipinski definition) is 4. The molecule has 0 spiro atoms. The number of aromatic nitrogens is 3. The Morgan fingerprint density at radius 3 is 2.79 bits per heavy atom. The van der Waals surface area contributed by atoms with E-state index in [0.29, 0.717) is 24.6 Å². The van der Waals surface area contributed by atoms with E-state index in [-0.39, 0.29) is 12.3 Å². The number of halogens is 3. The maximum absolute atomic E-state index is 12.6. The lowest BCUT2D eigenvalue weighted by atomic mass is 10.2. The van der Waals surface area contributed by atoms with Crippen molar-refractivity contribution < 1.29 is 17.9 Å². The predicted octanol–water partition coefficient (Wildman–Crippen LogP) is 3.16. The van der Waals surface area contributed by atoms with Gasteiger partial charge in [0.15, 0.2) is 11.8 Å². The largest absolute Gasteiger partial charge is 0.573 e. The van der Waals surface area contributed by atoms with Crippen molar-refractivity contribution in [1.82, 2.24) is 25.4 Å². The second-order valence-corrected chi connectivity index (χ2v) is 6.70.